The van der Waals surface area contributed by atoms with E-state index in [1.54, 1.807) is 0 Å². The van der Waals surface area contributed by atoms with Crippen LogP contribution in [0.15, 0.2) is 4.52 Å². The summed E-state index contributed by atoms with van der Waals surface area (Å²) in [4.78, 5) is 4.19. The van der Waals surface area contributed by atoms with Crippen LogP contribution in [0.5, 0.6) is 0 Å². The van der Waals surface area contributed by atoms with Crippen molar-refractivity contribution < 1.29 is 4.52 Å². The lowest BCUT2D eigenvalue weighted by atomic mass is 9.78. The summed E-state index contributed by atoms with van der Waals surface area (Å²) in [5.41, 5.74) is 0.441. The highest BCUT2D eigenvalue weighted by Gasteiger charge is 2.34. The van der Waals surface area contributed by atoms with Crippen LogP contribution in [0.1, 0.15) is 51.8 Å². The molecule has 0 saturated heterocycles. The van der Waals surface area contributed by atoms with Gasteiger partial charge in [0.05, 0.1) is 0 Å². The Labute approximate surface area is 103 Å². The van der Waals surface area contributed by atoms with Crippen molar-refractivity contribution >= 4 is 6.01 Å². The van der Waals surface area contributed by atoms with Gasteiger partial charge in [0.15, 0.2) is 5.82 Å². The standard InChI is InChI=1S/C13H23N3O/c1-10(2)8-13(6-4-5-7-13)9-14-12-15-11(3)16-17-12/h10H,4-9H2,1-3H3,(H,14,15,16). The Bertz CT molecular complexity index is 353. The summed E-state index contributed by atoms with van der Waals surface area (Å²) in [6, 6.07) is 0.567. The van der Waals surface area contributed by atoms with Gasteiger partial charge in [-0.1, -0.05) is 31.8 Å². The maximum atomic E-state index is 5.10. The van der Waals surface area contributed by atoms with Crippen molar-refractivity contribution in [1.82, 2.24) is 10.1 Å². The first-order valence-corrected chi connectivity index (χ1v) is 6.64. The molecule has 0 unspecified atom stereocenters. The minimum absolute atomic E-state index is 0.441. The molecule has 1 heterocycles. The van der Waals surface area contributed by atoms with Crippen LogP contribution < -0.4 is 5.32 Å². The predicted octanol–water partition coefficient (Wildman–Crippen LogP) is 3.40. The Hall–Kier alpha value is -1.06. The molecule has 1 saturated carbocycles. The molecule has 1 aromatic heterocycles. The molecule has 0 bridgehead atoms. The number of aromatic nitrogens is 2. The number of anilines is 1. The molecule has 1 fully saturated rings. The van der Waals surface area contributed by atoms with Crippen LogP contribution in [0.4, 0.5) is 6.01 Å². The smallest absolute Gasteiger partial charge is 0.321 e. The lowest BCUT2D eigenvalue weighted by molar-refractivity contribution is 0.250. The molecule has 4 heteroatoms. The van der Waals surface area contributed by atoms with E-state index in [0.717, 1.165) is 12.5 Å². The quantitative estimate of drug-likeness (QED) is 0.852. The molecule has 4 nitrogen and oxygen atoms in total. The molecule has 1 aliphatic carbocycles. The fraction of sp³-hybridized carbons (Fsp3) is 0.846. The SMILES string of the molecule is Cc1noc(NCC2(CC(C)C)CCCC2)n1. The fourth-order valence-electron chi connectivity index (χ4n) is 3.08. The van der Waals surface area contributed by atoms with E-state index in [9.17, 15) is 0 Å². The summed E-state index contributed by atoms with van der Waals surface area (Å²) in [5, 5.41) is 7.11. The Balaban J connectivity index is 1.94. The normalized spacial score (nSPS) is 18.8. The van der Waals surface area contributed by atoms with Crippen LogP contribution in [-0.2, 0) is 0 Å². The molecule has 0 amide bonds. The topological polar surface area (TPSA) is 51.0 Å². The van der Waals surface area contributed by atoms with Gasteiger partial charge in [0.1, 0.15) is 0 Å². The number of rotatable bonds is 5. The third-order valence-electron chi connectivity index (χ3n) is 3.65. The number of hydrogen-bond donors (Lipinski definition) is 1. The zero-order chi connectivity index (χ0) is 12.3. The molecular formula is C13H23N3O. The minimum Gasteiger partial charge on any atom is -0.337 e. The van der Waals surface area contributed by atoms with Gasteiger partial charge >= 0.3 is 6.01 Å². The number of aryl methyl sites for hydroxylation is 1. The van der Waals surface area contributed by atoms with Crippen molar-refractivity contribution in [1.29, 1.82) is 0 Å². The largest absolute Gasteiger partial charge is 0.337 e. The van der Waals surface area contributed by atoms with Crippen LogP contribution in [-0.4, -0.2) is 16.7 Å². The zero-order valence-electron chi connectivity index (χ0n) is 11.1. The Kier molecular flexibility index (Phi) is 3.69. The predicted molar refractivity (Wildman–Crippen MR) is 67.9 cm³/mol. The lowest BCUT2D eigenvalue weighted by Crippen LogP contribution is -2.28. The Morgan fingerprint density at radius 1 is 1.35 bits per heavy atom. The molecule has 96 valence electrons. The van der Waals surface area contributed by atoms with Gasteiger partial charge in [-0.05, 0) is 37.5 Å². The fourth-order valence-corrected chi connectivity index (χ4v) is 3.08. The van der Waals surface area contributed by atoms with E-state index in [0.29, 0.717) is 17.3 Å². The summed E-state index contributed by atoms with van der Waals surface area (Å²) in [6.07, 6.45) is 6.65. The van der Waals surface area contributed by atoms with Crippen LogP contribution in [0.25, 0.3) is 0 Å². The van der Waals surface area contributed by atoms with Crippen molar-refractivity contribution in [3.8, 4) is 0 Å². The average molecular weight is 237 g/mol. The summed E-state index contributed by atoms with van der Waals surface area (Å²) in [7, 11) is 0. The minimum atomic E-state index is 0.441. The third kappa shape index (κ3) is 3.20. The second-order valence-electron chi connectivity index (χ2n) is 5.81. The van der Waals surface area contributed by atoms with Crippen molar-refractivity contribution in [2.75, 3.05) is 11.9 Å². The highest BCUT2D eigenvalue weighted by atomic mass is 16.5. The molecule has 0 atom stereocenters. The number of nitrogens with zero attached hydrogens (tertiary/aromatic N) is 2. The summed E-state index contributed by atoms with van der Waals surface area (Å²) < 4.78 is 5.10. The zero-order valence-corrected chi connectivity index (χ0v) is 11.1. The molecule has 0 spiro atoms. The molecule has 0 aliphatic heterocycles. The molecule has 1 N–H and O–H groups in total. The van der Waals surface area contributed by atoms with Crippen molar-refractivity contribution in [2.24, 2.45) is 11.3 Å². The van der Waals surface area contributed by atoms with Crippen LogP contribution in [0.3, 0.4) is 0 Å². The molecule has 1 aromatic rings. The van der Waals surface area contributed by atoms with Crippen molar-refractivity contribution in [2.45, 2.75) is 52.9 Å². The first-order valence-electron chi connectivity index (χ1n) is 6.64. The monoisotopic (exact) mass is 237 g/mol. The second kappa shape index (κ2) is 5.07. The molecule has 0 aromatic carbocycles. The van der Waals surface area contributed by atoms with Gasteiger partial charge in [-0.2, -0.15) is 4.98 Å². The highest BCUT2D eigenvalue weighted by molar-refractivity contribution is 5.19. The first kappa shape index (κ1) is 12.4. The summed E-state index contributed by atoms with van der Waals surface area (Å²) in [6.45, 7) is 7.41. The van der Waals surface area contributed by atoms with Gasteiger partial charge in [0.2, 0.25) is 0 Å². The van der Waals surface area contributed by atoms with Gasteiger partial charge in [-0.25, -0.2) is 0 Å². The highest BCUT2D eigenvalue weighted by Crippen LogP contribution is 2.43. The van der Waals surface area contributed by atoms with Gasteiger partial charge in [0.25, 0.3) is 0 Å². The van der Waals surface area contributed by atoms with E-state index < -0.39 is 0 Å². The molecule has 17 heavy (non-hydrogen) atoms. The van der Waals surface area contributed by atoms with E-state index in [1.807, 2.05) is 6.92 Å². The summed E-state index contributed by atoms with van der Waals surface area (Å²) in [5.74, 6) is 1.44. The van der Waals surface area contributed by atoms with Gasteiger partial charge in [-0.15, -0.1) is 0 Å². The van der Waals surface area contributed by atoms with Gasteiger partial charge in [-0.3, -0.25) is 0 Å². The molecule has 1 aliphatic rings. The van der Waals surface area contributed by atoms with Crippen molar-refractivity contribution in [3.63, 3.8) is 0 Å². The number of nitrogens with one attached hydrogen (secondary N) is 1. The third-order valence-corrected chi connectivity index (χ3v) is 3.65. The van der Waals surface area contributed by atoms with Crippen LogP contribution in [0.2, 0.25) is 0 Å². The molecule has 2 rings (SSSR count). The average Bonchev–Trinajstić information content (AvgIpc) is 2.85. The van der Waals surface area contributed by atoms with Crippen LogP contribution in [0, 0.1) is 18.3 Å². The Morgan fingerprint density at radius 3 is 2.59 bits per heavy atom. The second-order valence-corrected chi connectivity index (χ2v) is 5.81. The van der Waals surface area contributed by atoms with Crippen molar-refractivity contribution in [3.05, 3.63) is 5.82 Å². The molecule has 0 radical (unpaired) electrons. The van der Waals surface area contributed by atoms with Gasteiger partial charge in [0, 0.05) is 6.54 Å². The number of hydrogen-bond acceptors (Lipinski definition) is 4. The van der Waals surface area contributed by atoms with E-state index in [-0.39, 0.29) is 0 Å². The maximum absolute atomic E-state index is 5.10. The lowest BCUT2D eigenvalue weighted by Gasteiger charge is -2.30. The molecular weight excluding hydrogens is 214 g/mol. The van der Waals surface area contributed by atoms with Crippen LogP contribution >= 0.6 is 0 Å². The Morgan fingerprint density at radius 2 is 2.06 bits per heavy atom. The van der Waals surface area contributed by atoms with E-state index in [4.69, 9.17) is 4.52 Å². The summed E-state index contributed by atoms with van der Waals surface area (Å²) >= 11 is 0. The van der Waals surface area contributed by atoms with E-state index in [2.05, 4.69) is 29.3 Å². The van der Waals surface area contributed by atoms with E-state index >= 15 is 0 Å². The van der Waals surface area contributed by atoms with E-state index in [1.165, 1.54) is 32.1 Å². The maximum Gasteiger partial charge on any atom is 0.321 e. The first-order chi connectivity index (χ1) is 8.10. The van der Waals surface area contributed by atoms with Gasteiger partial charge < -0.3 is 9.84 Å².